The molecule has 0 aliphatic rings. The molecule has 1 N–H and O–H groups in total. The maximum atomic E-state index is 6.11. The molecule has 1 unspecified atom stereocenters. The van der Waals surface area contributed by atoms with Crippen LogP contribution in [-0.4, -0.2) is 12.6 Å². The zero-order valence-corrected chi connectivity index (χ0v) is 11.4. The third kappa shape index (κ3) is 4.32. The largest absolute Gasteiger partial charge is 0.314 e. The summed E-state index contributed by atoms with van der Waals surface area (Å²) in [5.74, 6) is 0. The van der Waals surface area contributed by atoms with E-state index in [0.29, 0.717) is 6.04 Å². The van der Waals surface area contributed by atoms with Gasteiger partial charge in [-0.2, -0.15) is 0 Å². The lowest BCUT2D eigenvalue weighted by atomic mass is 10.1. The fourth-order valence-corrected chi connectivity index (χ4v) is 2.21. The van der Waals surface area contributed by atoms with Gasteiger partial charge >= 0.3 is 0 Å². The summed E-state index contributed by atoms with van der Waals surface area (Å²) in [6.07, 6.45) is 3.15. The lowest BCUT2D eigenvalue weighted by Gasteiger charge is -2.14. The molecule has 0 saturated carbocycles. The zero-order valence-electron chi connectivity index (χ0n) is 9.89. The summed E-state index contributed by atoms with van der Waals surface area (Å²) in [6, 6.07) is 6.18. The molecule has 0 saturated heterocycles. The van der Waals surface area contributed by atoms with E-state index in [1.165, 1.54) is 0 Å². The molecule has 1 rings (SSSR count). The Kier molecular flexibility index (Phi) is 6.18. The Bertz CT molecular complexity index is 305. The monoisotopic (exact) mass is 259 g/mol. The third-order valence-corrected chi connectivity index (χ3v) is 3.34. The van der Waals surface area contributed by atoms with Crippen molar-refractivity contribution < 1.29 is 0 Å². The average molecular weight is 260 g/mol. The summed E-state index contributed by atoms with van der Waals surface area (Å²) < 4.78 is 0. The van der Waals surface area contributed by atoms with Crippen LogP contribution in [0.15, 0.2) is 18.2 Å². The highest BCUT2D eigenvalue weighted by Gasteiger charge is 2.07. The Morgan fingerprint density at radius 3 is 2.44 bits per heavy atom. The third-order valence-electron chi connectivity index (χ3n) is 2.63. The topological polar surface area (TPSA) is 12.0 Å². The summed E-state index contributed by atoms with van der Waals surface area (Å²) in [7, 11) is 0. The maximum absolute atomic E-state index is 6.11. The van der Waals surface area contributed by atoms with Crippen LogP contribution in [0.5, 0.6) is 0 Å². The molecule has 0 aromatic heterocycles. The number of nitrogens with one attached hydrogen (secondary N) is 1. The van der Waals surface area contributed by atoms with Crippen molar-refractivity contribution in [3.05, 3.63) is 33.8 Å². The minimum atomic E-state index is 0.507. The molecule has 90 valence electrons. The van der Waals surface area contributed by atoms with Crippen molar-refractivity contribution in [2.75, 3.05) is 6.54 Å². The molecule has 3 heteroatoms. The van der Waals surface area contributed by atoms with Crippen LogP contribution < -0.4 is 5.32 Å². The normalized spacial score (nSPS) is 12.8. The standard InChI is InChI=1S/C13H19Cl2N/c1-3-9-16-10(2)7-8-11-12(14)5-4-6-13(11)15/h4-6,10,16H,3,7-9H2,1-2H3. The second kappa shape index (κ2) is 7.16. The minimum absolute atomic E-state index is 0.507. The first kappa shape index (κ1) is 13.8. The first-order valence-electron chi connectivity index (χ1n) is 5.81. The van der Waals surface area contributed by atoms with Crippen molar-refractivity contribution in [2.45, 2.75) is 39.2 Å². The van der Waals surface area contributed by atoms with Crippen molar-refractivity contribution >= 4 is 23.2 Å². The molecule has 0 aliphatic carbocycles. The quantitative estimate of drug-likeness (QED) is 0.803. The van der Waals surface area contributed by atoms with Crippen molar-refractivity contribution in [2.24, 2.45) is 0 Å². The van der Waals surface area contributed by atoms with Crippen LogP contribution in [0.2, 0.25) is 10.0 Å². The Balaban J connectivity index is 2.48. The predicted octanol–water partition coefficient (Wildman–Crippen LogP) is 4.31. The first-order chi connectivity index (χ1) is 7.65. The number of hydrogen-bond acceptors (Lipinski definition) is 1. The molecule has 1 atom stereocenters. The van der Waals surface area contributed by atoms with E-state index in [1.54, 1.807) is 0 Å². The van der Waals surface area contributed by atoms with Crippen LogP contribution in [0.25, 0.3) is 0 Å². The number of benzene rings is 1. The molecule has 0 heterocycles. The van der Waals surface area contributed by atoms with Gasteiger partial charge in [-0.05, 0) is 50.4 Å². The van der Waals surface area contributed by atoms with Crippen LogP contribution >= 0.6 is 23.2 Å². The summed E-state index contributed by atoms with van der Waals surface area (Å²) >= 11 is 12.2. The molecule has 1 aromatic carbocycles. The van der Waals surface area contributed by atoms with Crippen LogP contribution in [0.1, 0.15) is 32.3 Å². The lowest BCUT2D eigenvalue weighted by Crippen LogP contribution is -2.27. The van der Waals surface area contributed by atoms with Gasteiger partial charge in [-0.25, -0.2) is 0 Å². The van der Waals surface area contributed by atoms with Gasteiger partial charge in [0.25, 0.3) is 0 Å². The minimum Gasteiger partial charge on any atom is -0.314 e. The van der Waals surface area contributed by atoms with E-state index >= 15 is 0 Å². The van der Waals surface area contributed by atoms with Gasteiger partial charge in [-0.15, -0.1) is 0 Å². The van der Waals surface area contributed by atoms with Gasteiger partial charge in [0.05, 0.1) is 0 Å². The molecule has 0 spiro atoms. The summed E-state index contributed by atoms with van der Waals surface area (Å²) in [5.41, 5.74) is 1.07. The molecule has 0 aliphatic heterocycles. The smallest absolute Gasteiger partial charge is 0.0452 e. The first-order valence-corrected chi connectivity index (χ1v) is 6.57. The van der Waals surface area contributed by atoms with E-state index in [2.05, 4.69) is 19.2 Å². The Labute approximate surface area is 108 Å². The predicted molar refractivity (Wildman–Crippen MR) is 72.5 cm³/mol. The van der Waals surface area contributed by atoms with Crippen LogP contribution in [-0.2, 0) is 6.42 Å². The van der Waals surface area contributed by atoms with Crippen molar-refractivity contribution in [3.8, 4) is 0 Å². The fourth-order valence-electron chi connectivity index (χ4n) is 1.62. The maximum Gasteiger partial charge on any atom is 0.0452 e. The number of hydrogen-bond donors (Lipinski definition) is 1. The SMILES string of the molecule is CCCNC(C)CCc1c(Cl)cccc1Cl. The number of rotatable bonds is 6. The van der Waals surface area contributed by atoms with Gasteiger partial charge in [0.1, 0.15) is 0 Å². The van der Waals surface area contributed by atoms with E-state index in [-0.39, 0.29) is 0 Å². The molecule has 1 aromatic rings. The molecular formula is C13H19Cl2N. The van der Waals surface area contributed by atoms with E-state index in [4.69, 9.17) is 23.2 Å². The zero-order chi connectivity index (χ0) is 12.0. The van der Waals surface area contributed by atoms with Crippen molar-refractivity contribution in [3.63, 3.8) is 0 Å². The molecule has 0 radical (unpaired) electrons. The van der Waals surface area contributed by atoms with Crippen LogP contribution in [0.3, 0.4) is 0 Å². The van der Waals surface area contributed by atoms with E-state index in [0.717, 1.165) is 41.4 Å². The molecule has 0 bridgehead atoms. The van der Waals surface area contributed by atoms with Gasteiger partial charge in [0.15, 0.2) is 0 Å². The van der Waals surface area contributed by atoms with Crippen molar-refractivity contribution in [1.29, 1.82) is 0 Å². The summed E-state index contributed by atoms with van der Waals surface area (Å²) in [5, 5.41) is 5.00. The molecule has 16 heavy (non-hydrogen) atoms. The summed E-state index contributed by atoms with van der Waals surface area (Å²) in [6.45, 7) is 5.43. The molecule has 0 amide bonds. The highest BCUT2D eigenvalue weighted by molar-refractivity contribution is 6.35. The van der Waals surface area contributed by atoms with Gasteiger partial charge in [0, 0.05) is 16.1 Å². The Hall–Kier alpha value is -0.240. The summed E-state index contributed by atoms with van der Waals surface area (Å²) in [4.78, 5) is 0. The van der Waals surface area contributed by atoms with Crippen LogP contribution in [0, 0.1) is 0 Å². The van der Waals surface area contributed by atoms with Gasteiger partial charge in [-0.3, -0.25) is 0 Å². The Morgan fingerprint density at radius 1 is 1.25 bits per heavy atom. The van der Waals surface area contributed by atoms with Gasteiger partial charge in [-0.1, -0.05) is 36.2 Å². The van der Waals surface area contributed by atoms with E-state index in [1.807, 2.05) is 18.2 Å². The Morgan fingerprint density at radius 2 is 1.88 bits per heavy atom. The van der Waals surface area contributed by atoms with Crippen molar-refractivity contribution in [1.82, 2.24) is 5.32 Å². The molecular weight excluding hydrogens is 241 g/mol. The van der Waals surface area contributed by atoms with Gasteiger partial charge < -0.3 is 5.32 Å². The highest BCUT2D eigenvalue weighted by atomic mass is 35.5. The number of halogens is 2. The van der Waals surface area contributed by atoms with E-state index in [9.17, 15) is 0 Å². The average Bonchev–Trinajstić information content (AvgIpc) is 2.25. The van der Waals surface area contributed by atoms with Gasteiger partial charge in [0.2, 0.25) is 0 Å². The fraction of sp³-hybridized carbons (Fsp3) is 0.538. The second-order valence-corrected chi connectivity index (χ2v) is 4.91. The highest BCUT2D eigenvalue weighted by Crippen LogP contribution is 2.25. The second-order valence-electron chi connectivity index (χ2n) is 4.09. The van der Waals surface area contributed by atoms with E-state index < -0.39 is 0 Å². The lowest BCUT2D eigenvalue weighted by molar-refractivity contribution is 0.514. The molecule has 1 nitrogen and oxygen atoms in total. The van der Waals surface area contributed by atoms with Crippen LogP contribution in [0.4, 0.5) is 0 Å². The molecule has 0 fully saturated rings.